The van der Waals surface area contributed by atoms with Crippen molar-refractivity contribution >= 4 is 22.5 Å². The topological polar surface area (TPSA) is 66.4 Å². The summed E-state index contributed by atoms with van der Waals surface area (Å²) in [5.41, 5.74) is 1.90. The van der Waals surface area contributed by atoms with Gasteiger partial charge in [0.1, 0.15) is 0 Å². The first-order valence-corrected chi connectivity index (χ1v) is 7.53. The van der Waals surface area contributed by atoms with Crippen molar-refractivity contribution in [3.63, 3.8) is 0 Å². The molecule has 4 nitrogen and oxygen atoms in total. The van der Waals surface area contributed by atoms with Gasteiger partial charge in [0.05, 0.1) is 5.56 Å². The molecule has 0 fully saturated rings. The molecule has 0 heterocycles. The number of carbonyl (C=O) groups is 1. The summed E-state index contributed by atoms with van der Waals surface area (Å²) >= 11 is 0. The van der Waals surface area contributed by atoms with E-state index in [0.717, 1.165) is 12.0 Å². The molecule has 0 aromatic heterocycles. The molecule has 0 bridgehead atoms. The van der Waals surface area contributed by atoms with Crippen LogP contribution in [0.5, 0.6) is 0 Å². The van der Waals surface area contributed by atoms with Crippen LogP contribution in [0.4, 0.5) is 5.69 Å². The molecule has 1 rings (SSSR count). The summed E-state index contributed by atoms with van der Waals surface area (Å²) in [6, 6.07) is 5.29. The number of hydrogen-bond acceptors (Lipinski definition) is 3. The van der Waals surface area contributed by atoms with Crippen molar-refractivity contribution in [2.75, 3.05) is 17.3 Å². The Bertz CT molecular complexity index is 460. The fraction of sp³-hybridized carbons (Fsp3) is 0.462. The highest BCUT2D eigenvalue weighted by atomic mass is 32.2. The summed E-state index contributed by atoms with van der Waals surface area (Å²) in [5, 5.41) is 12.3. The second-order valence-electron chi connectivity index (χ2n) is 4.47. The predicted octanol–water partition coefficient (Wildman–Crippen LogP) is 2.26. The van der Waals surface area contributed by atoms with E-state index in [0.29, 0.717) is 11.4 Å². The van der Waals surface area contributed by atoms with E-state index in [9.17, 15) is 9.00 Å². The molecule has 5 heteroatoms. The molecule has 2 atom stereocenters. The van der Waals surface area contributed by atoms with E-state index in [1.165, 1.54) is 0 Å². The minimum atomic E-state index is -0.941. The normalized spacial score (nSPS) is 13.9. The second-order valence-corrected chi connectivity index (χ2v) is 6.02. The zero-order chi connectivity index (χ0) is 13.7. The van der Waals surface area contributed by atoms with Gasteiger partial charge in [0.2, 0.25) is 0 Å². The van der Waals surface area contributed by atoms with Crippen LogP contribution in [0.1, 0.15) is 29.3 Å². The highest BCUT2D eigenvalue weighted by molar-refractivity contribution is 7.84. The standard InChI is InChI=1S/C13H19NO3S/c1-9-4-5-11(13(15)16)12(8-9)14-10(2)6-7-18(3)17/h4-5,8,10,14H,6-7H2,1-3H3,(H,15,16). The lowest BCUT2D eigenvalue weighted by Gasteiger charge is -2.17. The van der Waals surface area contributed by atoms with Gasteiger partial charge in [-0.1, -0.05) is 6.07 Å². The van der Waals surface area contributed by atoms with Crippen LogP contribution in [-0.4, -0.2) is 33.3 Å². The molecule has 0 aliphatic carbocycles. The maximum atomic E-state index is 11.1. The van der Waals surface area contributed by atoms with Crippen LogP contribution in [0.25, 0.3) is 0 Å². The zero-order valence-corrected chi connectivity index (χ0v) is 11.7. The van der Waals surface area contributed by atoms with Crippen molar-refractivity contribution in [2.24, 2.45) is 0 Å². The summed E-state index contributed by atoms with van der Waals surface area (Å²) in [6.45, 7) is 3.88. The molecule has 0 saturated heterocycles. The minimum Gasteiger partial charge on any atom is -0.478 e. The van der Waals surface area contributed by atoms with Crippen LogP contribution in [0.2, 0.25) is 0 Å². The molecule has 100 valence electrons. The summed E-state index contributed by atoms with van der Waals surface area (Å²) in [7, 11) is -0.819. The number of hydrogen-bond donors (Lipinski definition) is 2. The number of carboxylic acid groups (broad SMARTS) is 1. The van der Waals surface area contributed by atoms with Gasteiger partial charge in [-0.3, -0.25) is 4.21 Å². The highest BCUT2D eigenvalue weighted by Gasteiger charge is 2.12. The van der Waals surface area contributed by atoms with Crippen LogP contribution in [0, 0.1) is 6.92 Å². The number of aryl methyl sites for hydroxylation is 1. The van der Waals surface area contributed by atoms with Crippen molar-refractivity contribution in [1.82, 2.24) is 0 Å². The molecular formula is C13H19NO3S. The summed E-state index contributed by atoms with van der Waals surface area (Å²) in [6.07, 6.45) is 2.41. The van der Waals surface area contributed by atoms with Crippen LogP contribution >= 0.6 is 0 Å². The third-order valence-electron chi connectivity index (χ3n) is 2.65. The molecule has 0 aliphatic heterocycles. The number of aromatic carboxylic acids is 1. The van der Waals surface area contributed by atoms with Gasteiger partial charge >= 0.3 is 5.97 Å². The molecular weight excluding hydrogens is 250 g/mol. The average Bonchev–Trinajstić information content (AvgIpc) is 2.26. The van der Waals surface area contributed by atoms with Crippen molar-refractivity contribution in [3.8, 4) is 0 Å². The molecule has 2 unspecified atom stereocenters. The molecule has 0 radical (unpaired) electrons. The van der Waals surface area contributed by atoms with Gasteiger partial charge in [-0.05, 0) is 38.0 Å². The molecule has 1 aromatic carbocycles. The van der Waals surface area contributed by atoms with Crippen LogP contribution in [0.15, 0.2) is 18.2 Å². The molecule has 0 aliphatic rings. The van der Waals surface area contributed by atoms with Crippen LogP contribution in [-0.2, 0) is 10.8 Å². The number of anilines is 1. The minimum absolute atomic E-state index is 0.0915. The van der Waals surface area contributed by atoms with E-state index in [-0.39, 0.29) is 11.6 Å². The Balaban J connectivity index is 2.79. The van der Waals surface area contributed by atoms with E-state index >= 15 is 0 Å². The van der Waals surface area contributed by atoms with Crippen LogP contribution < -0.4 is 5.32 Å². The lowest BCUT2D eigenvalue weighted by molar-refractivity contribution is 0.0698. The number of nitrogens with one attached hydrogen (secondary N) is 1. The summed E-state index contributed by atoms with van der Waals surface area (Å²) < 4.78 is 11.0. The lowest BCUT2D eigenvalue weighted by Crippen LogP contribution is -2.19. The predicted molar refractivity (Wildman–Crippen MR) is 74.8 cm³/mol. The largest absolute Gasteiger partial charge is 0.478 e. The fourth-order valence-electron chi connectivity index (χ4n) is 1.64. The maximum absolute atomic E-state index is 11.1. The molecule has 0 saturated carbocycles. The van der Waals surface area contributed by atoms with E-state index in [1.54, 1.807) is 18.4 Å². The number of carboxylic acids is 1. The number of rotatable bonds is 6. The Hall–Kier alpha value is -1.36. The first-order chi connectivity index (χ1) is 8.40. The van der Waals surface area contributed by atoms with Gasteiger partial charge in [-0.2, -0.15) is 0 Å². The smallest absolute Gasteiger partial charge is 0.337 e. The van der Waals surface area contributed by atoms with E-state index in [1.807, 2.05) is 19.9 Å². The maximum Gasteiger partial charge on any atom is 0.337 e. The lowest BCUT2D eigenvalue weighted by atomic mass is 10.1. The molecule has 0 spiro atoms. The van der Waals surface area contributed by atoms with Crippen molar-refractivity contribution in [1.29, 1.82) is 0 Å². The Morgan fingerprint density at radius 1 is 1.50 bits per heavy atom. The van der Waals surface area contributed by atoms with E-state index in [2.05, 4.69) is 5.32 Å². The Kier molecular flexibility index (Phi) is 5.34. The summed E-state index contributed by atoms with van der Waals surface area (Å²) in [5.74, 6) is -0.327. The molecule has 18 heavy (non-hydrogen) atoms. The summed E-state index contributed by atoms with van der Waals surface area (Å²) in [4.78, 5) is 11.1. The van der Waals surface area contributed by atoms with Crippen molar-refractivity contribution < 1.29 is 14.1 Å². The van der Waals surface area contributed by atoms with Crippen LogP contribution in [0.3, 0.4) is 0 Å². The SMILES string of the molecule is Cc1ccc(C(=O)O)c(NC(C)CCS(C)=O)c1. The van der Waals surface area contributed by atoms with Gasteiger partial charge in [0, 0.05) is 34.5 Å². The molecule has 0 amide bonds. The Morgan fingerprint density at radius 2 is 2.17 bits per heavy atom. The number of benzene rings is 1. The highest BCUT2D eigenvalue weighted by Crippen LogP contribution is 2.19. The van der Waals surface area contributed by atoms with Gasteiger partial charge in [0.25, 0.3) is 0 Å². The first-order valence-electron chi connectivity index (χ1n) is 5.80. The third-order valence-corrected chi connectivity index (χ3v) is 3.46. The van der Waals surface area contributed by atoms with E-state index in [4.69, 9.17) is 5.11 Å². The second kappa shape index (κ2) is 6.54. The average molecular weight is 269 g/mol. The van der Waals surface area contributed by atoms with Gasteiger partial charge < -0.3 is 10.4 Å². The van der Waals surface area contributed by atoms with Crippen molar-refractivity contribution in [2.45, 2.75) is 26.3 Å². The Labute approximate surface area is 110 Å². The molecule has 2 N–H and O–H groups in total. The van der Waals surface area contributed by atoms with Gasteiger partial charge in [-0.15, -0.1) is 0 Å². The quantitative estimate of drug-likeness (QED) is 0.831. The third kappa shape index (κ3) is 4.49. The fourth-order valence-corrected chi connectivity index (χ4v) is 2.33. The van der Waals surface area contributed by atoms with Crippen molar-refractivity contribution in [3.05, 3.63) is 29.3 Å². The van der Waals surface area contributed by atoms with Gasteiger partial charge in [-0.25, -0.2) is 4.79 Å². The Morgan fingerprint density at radius 3 is 2.72 bits per heavy atom. The monoisotopic (exact) mass is 269 g/mol. The molecule has 1 aromatic rings. The first kappa shape index (κ1) is 14.7. The zero-order valence-electron chi connectivity index (χ0n) is 10.9. The van der Waals surface area contributed by atoms with Gasteiger partial charge in [0.15, 0.2) is 0 Å². The van der Waals surface area contributed by atoms with E-state index < -0.39 is 16.8 Å².